The number of aromatic nitrogens is 3. The number of likely N-dealkylation sites (tertiary alicyclic amines) is 1. The molecule has 3 aromatic rings. The van der Waals surface area contributed by atoms with Crippen LogP contribution in [-0.2, 0) is 18.2 Å². The molecule has 2 aromatic heterocycles. The molecule has 2 saturated heterocycles. The Morgan fingerprint density at radius 2 is 2.03 bits per heavy atom. The first-order valence-electron chi connectivity index (χ1n) is 12.7. The Morgan fingerprint density at radius 3 is 2.81 bits per heavy atom. The van der Waals surface area contributed by atoms with Crippen molar-refractivity contribution in [3.8, 4) is 0 Å². The molecule has 5 heterocycles. The Balaban J connectivity index is 1.10. The quantitative estimate of drug-likeness (QED) is 0.529. The van der Waals surface area contributed by atoms with E-state index in [0.717, 1.165) is 37.2 Å². The van der Waals surface area contributed by atoms with Gasteiger partial charge in [-0.15, -0.1) is 0 Å². The Labute approximate surface area is 214 Å². The number of aryl methyl sites for hydroxylation is 1. The highest BCUT2D eigenvalue weighted by molar-refractivity contribution is 6.04. The third kappa shape index (κ3) is 4.11. The van der Waals surface area contributed by atoms with E-state index in [1.54, 1.807) is 40.0 Å². The summed E-state index contributed by atoms with van der Waals surface area (Å²) in [4.78, 5) is 35.5. The molecule has 0 saturated carbocycles. The number of anilines is 3. The van der Waals surface area contributed by atoms with Crippen LogP contribution in [0.3, 0.4) is 0 Å². The van der Waals surface area contributed by atoms with Crippen LogP contribution in [-0.4, -0.2) is 71.1 Å². The normalized spacial score (nSPS) is 17.5. The van der Waals surface area contributed by atoms with Crippen LogP contribution in [0, 0.1) is 11.2 Å². The second kappa shape index (κ2) is 8.89. The van der Waals surface area contributed by atoms with Gasteiger partial charge >= 0.3 is 12.1 Å². The topological polar surface area (TPSA) is 95.8 Å². The fourth-order valence-electron chi connectivity index (χ4n) is 5.66. The molecule has 1 N–H and O–H groups in total. The number of amides is 3. The summed E-state index contributed by atoms with van der Waals surface area (Å²) in [5.74, 6) is 0.153. The Bertz CT molecular complexity index is 1380. The van der Waals surface area contributed by atoms with Crippen LogP contribution >= 0.6 is 0 Å². The molecule has 3 amide bonds. The zero-order valence-corrected chi connectivity index (χ0v) is 21.0. The largest absolute Gasteiger partial charge is 0.449 e. The number of unbranched alkanes of at least 4 members (excludes halogenated alkanes) is 1. The summed E-state index contributed by atoms with van der Waals surface area (Å²) in [6.45, 7) is 6.20. The van der Waals surface area contributed by atoms with Gasteiger partial charge in [-0.1, -0.05) is 13.3 Å². The minimum absolute atomic E-state index is 0.116. The van der Waals surface area contributed by atoms with Crippen LogP contribution < -0.4 is 15.1 Å². The molecule has 1 aromatic carbocycles. The second-order valence-electron chi connectivity index (χ2n) is 10.3. The molecule has 6 rings (SSSR count). The van der Waals surface area contributed by atoms with Gasteiger partial charge in [-0.25, -0.2) is 19.0 Å². The van der Waals surface area contributed by atoms with E-state index in [1.807, 2.05) is 6.07 Å². The molecular formula is C26H30FN7O3. The smallest absolute Gasteiger partial charge is 0.409 e. The first kappa shape index (κ1) is 23.5. The predicted octanol–water partition coefficient (Wildman–Crippen LogP) is 3.76. The average molecular weight is 508 g/mol. The summed E-state index contributed by atoms with van der Waals surface area (Å²) in [6.07, 6.45) is 5.81. The molecule has 1 spiro atoms. The van der Waals surface area contributed by atoms with Crippen molar-refractivity contribution >= 4 is 40.2 Å². The number of pyridine rings is 1. The number of urea groups is 1. The average Bonchev–Trinajstić information content (AvgIpc) is 3.41. The summed E-state index contributed by atoms with van der Waals surface area (Å²) in [5.41, 5.74) is 2.88. The molecule has 0 aliphatic carbocycles. The molecule has 0 bridgehead atoms. The van der Waals surface area contributed by atoms with Crippen molar-refractivity contribution in [1.29, 1.82) is 0 Å². The maximum atomic E-state index is 14.5. The lowest BCUT2D eigenvalue weighted by Gasteiger charge is -2.60. The van der Waals surface area contributed by atoms with Crippen LogP contribution in [0.25, 0.3) is 10.9 Å². The number of hydrogen-bond acceptors (Lipinski definition) is 6. The molecule has 0 radical (unpaired) electrons. The van der Waals surface area contributed by atoms with Crippen molar-refractivity contribution in [3.05, 3.63) is 42.0 Å². The van der Waals surface area contributed by atoms with E-state index in [9.17, 15) is 14.0 Å². The van der Waals surface area contributed by atoms with E-state index in [-0.39, 0.29) is 23.1 Å². The fourth-order valence-corrected chi connectivity index (χ4v) is 5.66. The van der Waals surface area contributed by atoms with E-state index in [4.69, 9.17) is 4.74 Å². The van der Waals surface area contributed by atoms with Crippen molar-refractivity contribution in [2.24, 2.45) is 12.5 Å². The fraction of sp³-hybridized carbons (Fsp3) is 0.462. The number of nitrogens with one attached hydrogen (secondary N) is 1. The molecule has 11 heteroatoms. The first-order valence-corrected chi connectivity index (χ1v) is 12.7. The summed E-state index contributed by atoms with van der Waals surface area (Å²) in [7, 11) is 1.73. The number of ether oxygens (including phenoxy) is 1. The third-order valence-electron chi connectivity index (χ3n) is 7.45. The monoisotopic (exact) mass is 507 g/mol. The zero-order valence-electron chi connectivity index (χ0n) is 21.0. The Morgan fingerprint density at radius 1 is 1.22 bits per heavy atom. The van der Waals surface area contributed by atoms with Crippen LogP contribution in [0.15, 0.2) is 30.6 Å². The van der Waals surface area contributed by atoms with Gasteiger partial charge in [0.1, 0.15) is 11.3 Å². The van der Waals surface area contributed by atoms with Crippen LogP contribution in [0.2, 0.25) is 0 Å². The highest BCUT2D eigenvalue weighted by Gasteiger charge is 2.54. The van der Waals surface area contributed by atoms with E-state index in [1.165, 1.54) is 6.07 Å². The van der Waals surface area contributed by atoms with E-state index in [2.05, 4.69) is 27.2 Å². The highest BCUT2D eigenvalue weighted by atomic mass is 19.1. The lowest BCUT2D eigenvalue weighted by Crippen LogP contribution is -2.73. The highest BCUT2D eigenvalue weighted by Crippen LogP contribution is 2.45. The zero-order chi connectivity index (χ0) is 25.7. The number of rotatable bonds is 5. The maximum Gasteiger partial charge on any atom is 0.409 e. The van der Waals surface area contributed by atoms with Gasteiger partial charge in [-0.3, -0.25) is 9.58 Å². The van der Waals surface area contributed by atoms with Crippen molar-refractivity contribution in [2.45, 2.75) is 26.2 Å². The molecular weight excluding hydrogens is 477 g/mol. The minimum atomic E-state index is -0.480. The predicted molar refractivity (Wildman–Crippen MR) is 137 cm³/mol. The van der Waals surface area contributed by atoms with Crippen LogP contribution in [0.1, 0.15) is 25.3 Å². The number of hydrogen-bond donors (Lipinski definition) is 1. The Hall–Kier alpha value is -3.89. The number of carbonyl (C=O) groups excluding carboxylic acids is 2. The second-order valence-corrected chi connectivity index (χ2v) is 10.3. The molecule has 10 nitrogen and oxygen atoms in total. The van der Waals surface area contributed by atoms with Gasteiger partial charge in [0.05, 0.1) is 6.61 Å². The van der Waals surface area contributed by atoms with E-state index >= 15 is 0 Å². The van der Waals surface area contributed by atoms with Gasteiger partial charge in [-0.05, 0) is 31.0 Å². The molecule has 0 atom stereocenters. The van der Waals surface area contributed by atoms with Crippen LogP contribution in [0.5, 0.6) is 0 Å². The lowest BCUT2D eigenvalue weighted by molar-refractivity contribution is -0.0207. The molecule has 37 heavy (non-hydrogen) atoms. The minimum Gasteiger partial charge on any atom is -0.449 e. The maximum absolute atomic E-state index is 14.5. The Kier molecular flexibility index (Phi) is 5.65. The summed E-state index contributed by atoms with van der Waals surface area (Å²) in [6, 6.07) is 4.65. The van der Waals surface area contributed by atoms with E-state index in [0.29, 0.717) is 49.6 Å². The number of halogens is 1. The molecule has 3 aliphatic heterocycles. The number of fused-ring (bicyclic) bond motifs is 2. The molecule has 0 unspecified atom stereocenters. The van der Waals surface area contributed by atoms with Gasteiger partial charge in [0.25, 0.3) is 0 Å². The van der Waals surface area contributed by atoms with E-state index < -0.39 is 5.82 Å². The summed E-state index contributed by atoms with van der Waals surface area (Å²) in [5, 5.41) is 7.54. The number of carbonyl (C=O) groups is 2. The van der Waals surface area contributed by atoms with Gasteiger partial charge < -0.3 is 19.9 Å². The standard InChI is InChI=1S/C26H30FN7O3/c1-3-4-9-37-25(36)33-15-26(16-33)13-32(14-26)21-5-7-28-23-19(21)6-8-34(23)24(35)29-18-10-17-12-31(2)30-22(17)20(27)11-18/h5,7,10-12H,3-4,6,8-9,13-16H2,1-2H3,(H,29,35). The molecule has 2 fully saturated rings. The van der Waals surface area contributed by atoms with Crippen molar-refractivity contribution in [3.63, 3.8) is 0 Å². The van der Waals surface area contributed by atoms with Gasteiger partial charge in [0.2, 0.25) is 0 Å². The van der Waals surface area contributed by atoms with Crippen molar-refractivity contribution in [1.82, 2.24) is 19.7 Å². The van der Waals surface area contributed by atoms with Crippen molar-refractivity contribution in [2.75, 3.05) is 54.4 Å². The van der Waals surface area contributed by atoms with Gasteiger partial charge in [0.15, 0.2) is 5.82 Å². The first-order chi connectivity index (χ1) is 17.9. The molecule has 3 aliphatic rings. The number of benzene rings is 1. The SMILES string of the molecule is CCCCOC(=O)N1CC2(C1)CN(c1ccnc3c1CCN3C(=O)Nc1cc(F)c3nn(C)cc3c1)C2. The third-order valence-corrected chi connectivity index (χ3v) is 7.45. The lowest BCUT2D eigenvalue weighted by atomic mass is 9.72. The van der Waals surface area contributed by atoms with Crippen LogP contribution in [0.4, 0.5) is 31.2 Å². The summed E-state index contributed by atoms with van der Waals surface area (Å²) >= 11 is 0. The summed E-state index contributed by atoms with van der Waals surface area (Å²) < 4.78 is 21.3. The number of nitrogens with zero attached hydrogens (tertiary/aromatic N) is 6. The van der Waals surface area contributed by atoms with Gasteiger partial charge in [0, 0.05) is 79.9 Å². The molecule has 194 valence electrons. The van der Waals surface area contributed by atoms with Gasteiger partial charge in [-0.2, -0.15) is 5.10 Å². The van der Waals surface area contributed by atoms with Crippen molar-refractivity contribution < 1.29 is 18.7 Å².